The van der Waals surface area contributed by atoms with Crippen LogP contribution in [0, 0.1) is 0 Å². The predicted molar refractivity (Wildman–Crippen MR) is 127 cm³/mol. The van der Waals surface area contributed by atoms with E-state index in [-0.39, 0.29) is 29.9 Å². The maximum Gasteiger partial charge on any atom is 0.410 e. The van der Waals surface area contributed by atoms with E-state index in [9.17, 15) is 9.59 Å². The molecule has 0 saturated carbocycles. The molecule has 190 valence electrons. The summed E-state index contributed by atoms with van der Waals surface area (Å²) in [7, 11) is 5.03. The summed E-state index contributed by atoms with van der Waals surface area (Å²) in [6, 6.07) is 2.07. The molecule has 2 aliphatic heterocycles. The average molecular weight is 479 g/mol. The van der Waals surface area contributed by atoms with Crippen LogP contribution in [0.1, 0.15) is 51.0 Å². The zero-order chi connectivity index (χ0) is 25.0. The van der Waals surface area contributed by atoms with Gasteiger partial charge in [0, 0.05) is 45.3 Å². The van der Waals surface area contributed by atoms with E-state index in [1.807, 2.05) is 32.6 Å². The molecular formula is C23H38N6O5. The summed E-state index contributed by atoms with van der Waals surface area (Å²) in [6.07, 6.45) is 1.71. The zero-order valence-electron chi connectivity index (χ0n) is 21.4. The number of amides is 2. The third-order valence-corrected chi connectivity index (χ3v) is 6.14. The molecule has 3 heterocycles. The Balaban J connectivity index is 1.77. The number of hydroxylamine groups is 2. The average Bonchev–Trinajstić information content (AvgIpc) is 3.22. The Hall–Kier alpha value is -2.66. The van der Waals surface area contributed by atoms with Gasteiger partial charge in [-0.15, -0.1) is 0 Å². The van der Waals surface area contributed by atoms with E-state index >= 15 is 0 Å². The lowest BCUT2D eigenvalue weighted by Crippen LogP contribution is -2.50. The van der Waals surface area contributed by atoms with Gasteiger partial charge in [-0.1, -0.05) is 0 Å². The number of carbonyl (C=O) groups excluding carboxylic acids is 2. The zero-order valence-corrected chi connectivity index (χ0v) is 21.4. The molecule has 2 saturated heterocycles. The Morgan fingerprint density at radius 3 is 2.38 bits per heavy atom. The third kappa shape index (κ3) is 6.47. The van der Waals surface area contributed by atoms with Gasteiger partial charge in [0.2, 0.25) is 0 Å². The molecule has 11 nitrogen and oxygen atoms in total. The van der Waals surface area contributed by atoms with E-state index in [1.165, 1.54) is 14.2 Å². The molecule has 11 heteroatoms. The SMILES string of the molecule is CON(C)C(=O)c1cc(N2CCN(C(=O)OC(C)(C)C)CC2)nc(O[C@@H](C)[C@@H]2CCCN2C)n1. The Morgan fingerprint density at radius 1 is 1.15 bits per heavy atom. The van der Waals surface area contributed by atoms with Crippen LogP contribution in [0.2, 0.25) is 0 Å². The van der Waals surface area contributed by atoms with Gasteiger partial charge < -0.3 is 19.3 Å². The lowest BCUT2D eigenvalue weighted by atomic mass is 10.1. The molecule has 0 N–H and O–H groups in total. The Bertz CT molecular complexity index is 868. The number of piperazine rings is 1. The van der Waals surface area contributed by atoms with Crippen LogP contribution < -0.4 is 9.64 Å². The predicted octanol–water partition coefficient (Wildman–Crippen LogP) is 2.03. The number of aromatic nitrogens is 2. The fourth-order valence-electron chi connectivity index (χ4n) is 4.20. The van der Waals surface area contributed by atoms with Crippen molar-refractivity contribution in [1.82, 2.24) is 24.8 Å². The lowest BCUT2D eigenvalue weighted by Gasteiger charge is -2.36. The highest BCUT2D eigenvalue weighted by molar-refractivity contribution is 5.92. The molecule has 3 rings (SSSR count). The largest absolute Gasteiger partial charge is 0.459 e. The fraction of sp³-hybridized carbons (Fsp3) is 0.739. The summed E-state index contributed by atoms with van der Waals surface area (Å²) >= 11 is 0. The van der Waals surface area contributed by atoms with E-state index in [0.717, 1.165) is 24.4 Å². The van der Waals surface area contributed by atoms with Gasteiger partial charge in [-0.2, -0.15) is 9.97 Å². The lowest BCUT2D eigenvalue weighted by molar-refractivity contribution is -0.0761. The minimum absolute atomic E-state index is 0.130. The Labute approximate surface area is 201 Å². The van der Waals surface area contributed by atoms with Crippen LogP contribution >= 0.6 is 0 Å². The van der Waals surface area contributed by atoms with Gasteiger partial charge in [0.05, 0.1) is 7.11 Å². The van der Waals surface area contributed by atoms with Crippen molar-refractivity contribution in [3.8, 4) is 6.01 Å². The Morgan fingerprint density at radius 2 is 1.82 bits per heavy atom. The number of likely N-dealkylation sites (tertiary alicyclic amines) is 1. The van der Waals surface area contributed by atoms with Gasteiger partial charge in [-0.3, -0.25) is 14.5 Å². The molecule has 0 aromatic carbocycles. The van der Waals surface area contributed by atoms with Crippen molar-refractivity contribution in [2.75, 3.05) is 58.8 Å². The van der Waals surface area contributed by atoms with Crippen molar-refractivity contribution in [2.45, 2.75) is 58.3 Å². The smallest absolute Gasteiger partial charge is 0.410 e. The van der Waals surface area contributed by atoms with Gasteiger partial charge in [-0.25, -0.2) is 9.86 Å². The first kappa shape index (κ1) is 26.0. The van der Waals surface area contributed by atoms with Crippen LogP contribution in [0.15, 0.2) is 6.07 Å². The van der Waals surface area contributed by atoms with Crippen LogP contribution in [0.3, 0.4) is 0 Å². The molecule has 2 aliphatic rings. The molecule has 1 aromatic heterocycles. The van der Waals surface area contributed by atoms with Crippen molar-refractivity contribution in [3.05, 3.63) is 11.8 Å². The summed E-state index contributed by atoms with van der Waals surface area (Å²) in [5.41, 5.74) is -0.356. The summed E-state index contributed by atoms with van der Waals surface area (Å²) in [5.74, 6) is 0.183. The molecule has 0 bridgehead atoms. The van der Waals surface area contributed by atoms with Crippen LogP contribution in [-0.4, -0.2) is 109 Å². The summed E-state index contributed by atoms with van der Waals surface area (Å²) < 4.78 is 11.6. The standard InChI is InChI=1S/C23H38N6O5/c1-16(18-9-8-10-26(18)5)33-21-24-17(20(30)27(6)32-7)15-19(25-21)28-11-13-29(14-12-28)22(31)34-23(2,3)4/h15-16,18H,8-14H2,1-7H3/t16-,18-/m0/s1. The molecule has 2 fully saturated rings. The maximum absolute atomic E-state index is 12.8. The van der Waals surface area contributed by atoms with E-state index < -0.39 is 11.5 Å². The van der Waals surface area contributed by atoms with Gasteiger partial charge in [-0.05, 0) is 54.1 Å². The minimum atomic E-state index is -0.542. The second kappa shape index (κ2) is 10.7. The molecular weight excluding hydrogens is 440 g/mol. The normalized spacial score (nSPS) is 20.3. The minimum Gasteiger partial charge on any atom is -0.459 e. The monoisotopic (exact) mass is 478 g/mol. The van der Waals surface area contributed by atoms with Crippen molar-refractivity contribution in [1.29, 1.82) is 0 Å². The summed E-state index contributed by atoms with van der Waals surface area (Å²) in [4.78, 5) is 45.2. The topological polar surface area (TPSA) is 101 Å². The van der Waals surface area contributed by atoms with Crippen LogP contribution in [0.4, 0.5) is 10.6 Å². The van der Waals surface area contributed by atoms with Crippen LogP contribution in [0.25, 0.3) is 0 Å². The molecule has 1 aromatic rings. The van der Waals surface area contributed by atoms with Gasteiger partial charge in [0.25, 0.3) is 5.91 Å². The van der Waals surface area contributed by atoms with Crippen molar-refractivity contribution < 1.29 is 23.9 Å². The Kier molecular flexibility index (Phi) is 8.19. The molecule has 0 radical (unpaired) electrons. The maximum atomic E-state index is 12.8. The number of nitrogens with zero attached hydrogens (tertiary/aromatic N) is 6. The van der Waals surface area contributed by atoms with Crippen molar-refractivity contribution in [2.24, 2.45) is 0 Å². The van der Waals surface area contributed by atoms with E-state index in [2.05, 4.69) is 21.9 Å². The quantitative estimate of drug-likeness (QED) is 0.569. The van der Waals surface area contributed by atoms with Crippen LogP contribution in [-0.2, 0) is 9.57 Å². The highest BCUT2D eigenvalue weighted by Crippen LogP contribution is 2.24. The second-order valence-corrected chi connectivity index (χ2v) is 9.85. The first-order chi connectivity index (χ1) is 16.0. The van der Waals surface area contributed by atoms with Gasteiger partial charge in [0.1, 0.15) is 23.2 Å². The highest BCUT2D eigenvalue weighted by atomic mass is 16.7. The van der Waals surface area contributed by atoms with Gasteiger partial charge >= 0.3 is 12.1 Å². The van der Waals surface area contributed by atoms with E-state index in [4.69, 9.17) is 14.3 Å². The second-order valence-electron chi connectivity index (χ2n) is 9.85. The molecule has 2 atom stereocenters. The number of likely N-dealkylation sites (N-methyl/N-ethyl adjacent to an activating group) is 1. The van der Waals surface area contributed by atoms with E-state index in [1.54, 1.807) is 11.0 Å². The van der Waals surface area contributed by atoms with Crippen LogP contribution in [0.5, 0.6) is 6.01 Å². The highest BCUT2D eigenvalue weighted by Gasteiger charge is 2.30. The molecule has 34 heavy (non-hydrogen) atoms. The third-order valence-electron chi connectivity index (χ3n) is 6.14. The summed E-state index contributed by atoms with van der Waals surface area (Å²) in [5, 5.41) is 1.12. The molecule has 0 unspecified atom stereocenters. The fourth-order valence-corrected chi connectivity index (χ4v) is 4.20. The number of rotatable bonds is 6. The number of ether oxygens (including phenoxy) is 2. The molecule has 2 amide bonds. The first-order valence-electron chi connectivity index (χ1n) is 11.8. The number of carbonyl (C=O) groups is 2. The number of hydrogen-bond acceptors (Lipinski definition) is 9. The number of anilines is 1. The first-order valence-corrected chi connectivity index (χ1v) is 11.8. The van der Waals surface area contributed by atoms with E-state index in [0.29, 0.717) is 32.0 Å². The molecule has 0 aliphatic carbocycles. The van der Waals surface area contributed by atoms with Crippen molar-refractivity contribution >= 4 is 17.8 Å². The summed E-state index contributed by atoms with van der Waals surface area (Å²) in [6.45, 7) is 10.7. The number of hydrogen-bond donors (Lipinski definition) is 0. The molecule has 0 spiro atoms. The van der Waals surface area contributed by atoms with Gasteiger partial charge in [0.15, 0.2) is 0 Å². The van der Waals surface area contributed by atoms with Crippen molar-refractivity contribution in [3.63, 3.8) is 0 Å².